The highest BCUT2D eigenvalue weighted by molar-refractivity contribution is 8.07. The Morgan fingerprint density at radius 2 is 2.06 bits per heavy atom. The number of hydrogen-bond donors (Lipinski definition) is 2. The molecule has 17 heavy (non-hydrogen) atoms. The molecule has 0 radical (unpaired) electrons. The highest BCUT2D eigenvalue weighted by Gasteiger charge is 2.12. The van der Waals surface area contributed by atoms with Crippen molar-refractivity contribution in [2.45, 2.75) is 6.61 Å². The number of hydrogen-bond acceptors (Lipinski definition) is 4. The van der Waals surface area contributed by atoms with Crippen LogP contribution >= 0.6 is 6.72 Å². The third-order valence-electron chi connectivity index (χ3n) is 2.07. The molecular formula is C10H14NO4PS. The molecule has 7 heteroatoms. The predicted molar refractivity (Wildman–Crippen MR) is 68.1 cm³/mol. The van der Waals surface area contributed by atoms with E-state index >= 15 is 0 Å². The van der Waals surface area contributed by atoms with Crippen LogP contribution in [-0.4, -0.2) is 25.0 Å². The molecule has 0 spiro atoms. The van der Waals surface area contributed by atoms with E-state index in [1.165, 1.54) is 7.11 Å². The molecule has 1 rings (SSSR count). The average Bonchev–Trinajstić information content (AvgIpc) is 2.36. The number of carbonyl (C=O) groups excluding carboxylic acids is 1. The van der Waals surface area contributed by atoms with Gasteiger partial charge in [-0.3, -0.25) is 4.79 Å². The van der Waals surface area contributed by atoms with Gasteiger partial charge in [0.1, 0.15) is 0 Å². The summed E-state index contributed by atoms with van der Waals surface area (Å²) < 4.78 is 9.68. The molecule has 1 atom stereocenters. The molecule has 5 nitrogen and oxygen atoms in total. The zero-order valence-electron chi connectivity index (χ0n) is 9.54. The maximum Gasteiger partial charge on any atom is 0.324 e. The first-order chi connectivity index (χ1) is 7.98. The maximum absolute atomic E-state index is 11.3. The van der Waals surface area contributed by atoms with Gasteiger partial charge in [-0.05, 0) is 29.5 Å². The van der Waals surface area contributed by atoms with Crippen molar-refractivity contribution >= 4 is 24.4 Å². The van der Waals surface area contributed by atoms with Crippen molar-refractivity contribution in [3.63, 3.8) is 0 Å². The lowest BCUT2D eigenvalue weighted by Gasteiger charge is -2.12. The topological polar surface area (TPSA) is 67.8 Å². The van der Waals surface area contributed by atoms with Crippen molar-refractivity contribution in [3.8, 4) is 0 Å². The van der Waals surface area contributed by atoms with Gasteiger partial charge in [0.15, 0.2) is 0 Å². The second kappa shape index (κ2) is 6.23. The van der Waals surface area contributed by atoms with Gasteiger partial charge in [-0.15, -0.1) is 0 Å². The van der Waals surface area contributed by atoms with Gasteiger partial charge in [0.25, 0.3) is 5.91 Å². The number of amides is 1. The van der Waals surface area contributed by atoms with E-state index in [1.807, 2.05) is 0 Å². The first-order valence-corrected chi connectivity index (χ1v) is 7.41. The van der Waals surface area contributed by atoms with Gasteiger partial charge in [-0.1, -0.05) is 12.1 Å². The zero-order chi connectivity index (χ0) is 12.9. The van der Waals surface area contributed by atoms with Gasteiger partial charge < -0.3 is 19.3 Å². The third-order valence-corrected chi connectivity index (χ3v) is 3.75. The van der Waals surface area contributed by atoms with E-state index in [2.05, 4.69) is 21.6 Å². The first kappa shape index (κ1) is 14.3. The lowest BCUT2D eigenvalue weighted by atomic mass is 10.1. The monoisotopic (exact) mass is 275 g/mol. The van der Waals surface area contributed by atoms with Crippen LogP contribution in [0.25, 0.3) is 0 Å². The Kier molecular flexibility index (Phi) is 5.24. The van der Waals surface area contributed by atoms with Crippen molar-refractivity contribution < 1.29 is 18.7 Å². The van der Waals surface area contributed by atoms with E-state index in [9.17, 15) is 9.69 Å². The van der Waals surface area contributed by atoms with Crippen molar-refractivity contribution in [1.29, 1.82) is 0 Å². The summed E-state index contributed by atoms with van der Waals surface area (Å²) in [6.45, 7) is -2.97. The SMILES string of the molecule is CNC(=O)c1ccc(COP(O)(=S)OC)cc1. The number of nitrogens with one attached hydrogen (secondary N) is 1. The van der Waals surface area contributed by atoms with Crippen molar-refractivity contribution in [2.24, 2.45) is 0 Å². The highest BCUT2D eigenvalue weighted by Crippen LogP contribution is 2.43. The average molecular weight is 275 g/mol. The van der Waals surface area contributed by atoms with Crippen LogP contribution in [0.3, 0.4) is 0 Å². The van der Waals surface area contributed by atoms with Crippen LogP contribution in [0, 0.1) is 0 Å². The fourth-order valence-electron chi connectivity index (χ4n) is 1.11. The van der Waals surface area contributed by atoms with Crippen LogP contribution in [0.2, 0.25) is 0 Å². The van der Waals surface area contributed by atoms with Crippen LogP contribution in [0.4, 0.5) is 0 Å². The lowest BCUT2D eigenvalue weighted by Crippen LogP contribution is -2.17. The molecule has 0 bridgehead atoms. The molecule has 0 aromatic heterocycles. The number of carbonyl (C=O) groups is 1. The van der Waals surface area contributed by atoms with Gasteiger partial charge in [-0.2, -0.15) is 0 Å². The molecule has 0 aliphatic rings. The van der Waals surface area contributed by atoms with Crippen LogP contribution in [0.5, 0.6) is 0 Å². The Labute approximate surface area is 105 Å². The van der Waals surface area contributed by atoms with Crippen LogP contribution in [0.15, 0.2) is 24.3 Å². The van der Waals surface area contributed by atoms with E-state index in [1.54, 1.807) is 31.3 Å². The van der Waals surface area contributed by atoms with E-state index in [0.29, 0.717) is 5.56 Å². The minimum absolute atomic E-state index is 0.148. The molecule has 0 saturated carbocycles. The molecule has 0 aliphatic carbocycles. The van der Waals surface area contributed by atoms with E-state index in [-0.39, 0.29) is 12.5 Å². The van der Waals surface area contributed by atoms with Crippen LogP contribution in [0.1, 0.15) is 15.9 Å². The summed E-state index contributed by atoms with van der Waals surface area (Å²) in [6.07, 6.45) is 0. The first-order valence-electron chi connectivity index (χ1n) is 4.82. The molecule has 0 heterocycles. The molecular weight excluding hydrogens is 261 g/mol. The van der Waals surface area contributed by atoms with E-state index < -0.39 is 6.72 Å². The van der Waals surface area contributed by atoms with E-state index in [4.69, 9.17) is 4.52 Å². The summed E-state index contributed by atoms with van der Waals surface area (Å²) >= 11 is 4.69. The molecule has 1 amide bonds. The molecule has 1 aromatic rings. The summed E-state index contributed by atoms with van der Waals surface area (Å²) in [5.74, 6) is -0.151. The Hall–Kier alpha value is -0.780. The van der Waals surface area contributed by atoms with Crippen molar-refractivity contribution in [3.05, 3.63) is 35.4 Å². The molecule has 2 N–H and O–H groups in total. The smallest absolute Gasteiger partial charge is 0.324 e. The zero-order valence-corrected chi connectivity index (χ0v) is 11.3. The van der Waals surface area contributed by atoms with Gasteiger partial charge in [0, 0.05) is 19.7 Å². The Bertz CT molecular complexity index is 434. The van der Waals surface area contributed by atoms with Crippen LogP contribution in [-0.2, 0) is 27.5 Å². The fourth-order valence-corrected chi connectivity index (χ4v) is 1.68. The molecule has 94 valence electrons. The van der Waals surface area contributed by atoms with Crippen molar-refractivity contribution in [2.75, 3.05) is 14.2 Å². The molecule has 0 saturated heterocycles. The molecule has 0 fully saturated rings. The Balaban J connectivity index is 2.63. The summed E-state index contributed by atoms with van der Waals surface area (Å²) in [4.78, 5) is 20.7. The maximum atomic E-state index is 11.3. The molecule has 0 aliphatic heterocycles. The van der Waals surface area contributed by atoms with Gasteiger partial charge in [0.05, 0.1) is 6.61 Å². The molecule has 1 unspecified atom stereocenters. The summed E-state index contributed by atoms with van der Waals surface area (Å²) in [5, 5.41) is 2.52. The summed E-state index contributed by atoms with van der Waals surface area (Å²) in [7, 11) is 2.87. The lowest BCUT2D eigenvalue weighted by molar-refractivity contribution is 0.0963. The van der Waals surface area contributed by atoms with E-state index in [0.717, 1.165) is 5.56 Å². The normalized spacial score (nSPS) is 14.1. The Morgan fingerprint density at radius 1 is 1.47 bits per heavy atom. The van der Waals surface area contributed by atoms with Gasteiger partial charge in [-0.25, -0.2) is 0 Å². The Morgan fingerprint density at radius 3 is 2.53 bits per heavy atom. The minimum Gasteiger partial charge on any atom is -0.355 e. The van der Waals surface area contributed by atoms with Gasteiger partial charge >= 0.3 is 6.72 Å². The summed E-state index contributed by atoms with van der Waals surface area (Å²) in [6, 6.07) is 6.81. The van der Waals surface area contributed by atoms with Crippen molar-refractivity contribution in [1.82, 2.24) is 5.32 Å². The van der Waals surface area contributed by atoms with Crippen LogP contribution < -0.4 is 5.32 Å². The second-order valence-electron chi connectivity index (χ2n) is 3.20. The fraction of sp³-hybridized carbons (Fsp3) is 0.300. The summed E-state index contributed by atoms with van der Waals surface area (Å²) in [5.41, 5.74) is 1.37. The second-order valence-corrected chi connectivity index (χ2v) is 6.15. The molecule has 1 aromatic carbocycles. The van der Waals surface area contributed by atoms with Gasteiger partial charge in [0.2, 0.25) is 0 Å². The highest BCUT2D eigenvalue weighted by atomic mass is 32.5. The largest absolute Gasteiger partial charge is 0.355 e. The predicted octanol–water partition coefficient (Wildman–Crippen LogP) is 1.43. The standard InChI is InChI=1S/C10H14NO4PS/c1-11-10(12)9-5-3-8(4-6-9)7-15-16(13,17)14-2/h3-6H,7H2,1-2H3,(H,11,12)(H,13,17). The quantitative estimate of drug-likeness (QED) is 0.796. The number of rotatable bonds is 5. The third kappa shape index (κ3) is 4.53. The minimum atomic E-state index is -3.12. The number of benzene rings is 1.